The fourth-order valence-electron chi connectivity index (χ4n) is 2.13. The van der Waals surface area contributed by atoms with Gasteiger partial charge in [-0.3, -0.25) is 0 Å². The highest BCUT2D eigenvalue weighted by Gasteiger charge is 2.13. The Kier molecular flexibility index (Phi) is 4.62. The van der Waals surface area contributed by atoms with Crippen LogP contribution in [0.15, 0.2) is 18.3 Å². The van der Waals surface area contributed by atoms with Gasteiger partial charge in [-0.25, -0.2) is 4.98 Å². The summed E-state index contributed by atoms with van der Waals surface area (Å²) in [7, 11) is 1.63. The Labute approximate surface area is 102 Å². The topological polar surface area (TPSA) is 43.4 Å². The van der Waals surface area contributed by atoms with Gasteiger partial charge in [-0.2, -0.15) is 0 Å². The number of methoxy groups -OCH3 is 1. The zero-order valence-electron chi connectivity index (χ0n) is 10.3. The molecule has 0 amide bonds. The lowest BCUT2D eigenvalue weighted by atomic mass is 9.97. The van der Waals surface area contributed by atoms with Crippen LogP contribution in [-0.2, 0) is 0 Å². The number of aromatic nitrogens is 1. The SMILES string of the molecule is COc1cccnc1OCCC1CCCNC1. The van der Waals surface area contributed by atoms with E-state index in [9.17, 15) is 0 Å². The number of hydrogen-bond donors (Lipinski definition) is 1. The van der Waals surface area contributed by atoms with Crippen LogP contribution in [0.3, 0.4) is 0 Å². The van der Waals surface area contributed by atoms with Crippen molar-refractivity contribution in [3.8, 4) is 11.6 Å². The Morgan fingerprint density at radius 3 is 3.24 bits per heavy atom. The minimum Gasteiger partial charge on any atom is -0.491 e. The number of rotatable bonds is 5. The zero-order valence-corrected chi connectivity index (χ0v) is 10.3. The largest absolute Gasteiger partial charge is 0.491 e. The van der Waals surface area contributed by atoms with Crippen LogP contribution in [0.1, 0.15) is 19.3 Å². The van der Waals surface area contributed by atoms with E-state index in [1.54, 1.807) is 13.3 Å². The van der Waals surface area contributed by atoms with Gasteiger partial charge in [0.05, 0.1) is 13.7 Å². The first-order valence-corrected chi connectivity index (χ1v) is 6.22. The maximum absolute atomic E-state index is 5.67. The molecule has 1 N–H and O–H groups in total. The second kappa shape index (κ2) is 6.45. The van der Waals surface area contributed by atoms with Crippen LogP contribution in [0.25, 0.3) is 0 Å². The molecule has 1 unspecified atom stereocenters. The molecule has 0 aliphatic carbocycles. The van der Waals surface area contributed by atoms with Crippen LogP contribution in [0.2, 0.25) is 0 Å². The molecule has 1 aromatic heterocycles. The lowest BCUT2D eigenvalue weighted by Crippen LogP contribution is -2.30. The van der Waals surface area contributed by atoms with Crippen molar-refractivity contribution in [2.24, 2.45) is 5.92 Å². The Balaban J connectivity index is 1.77. The first kappa shape index (κ1) is 12.2. The van der Waals surface area contributed by atoms with Gasteiger partial charge in [-0.1, -0.05) is 0 Å². The predicted octanol–water partition coefficient (Wildman–Crippen LogP) is 1.86. The van der Waals surface area contributed by atoms with Crippen molar-refractivity contribution < 1.29 is 9.47 Å². The van der Waals surface area contributed by atoms with E-state index in [-0.39, 0.29) is 0 Å². The van der Waals surface area contributed by atoms with Crippen molar-refractivity contribution in [3.05, 3.63) is 18.3 Å². The Bertz CT molecular complexity index is 338. The van der Waals surface area contributed by atoms with Crippen molar-refractivity contribution in [3.63, 3.8) is 0 Å². The van der Waals surface area contributed by atoms with Gasteiger partial charge in [-0.15, -0.1) is 0 Å². The number of piperidine rings is 1. The van der Waals surface area contributed by atoms with Gasteiger partial charge in [0.1, 0.15) is 0 Å². The average molecular weight is 236 g/mol. The van der Waals surface area contributed by atoms with Crippen LogP contribution >= 0.6 is 0 Å². The van der Waals surface area contributed by atoms with Gasteiger partial charge >= 0.3 is 0 Å². The molecule has 4 heteroatoms. The third kappa shape index (κ3) is 3.60. The van der Waals surface area contributed by atoms with Gasteiger partial charge in [0.2, 0.25) is 0 Å². The molecule has 1 fully saturated rings. The van der Waals surface area contributed by atoms with E-state index in [0.717, 1.165) is 25.4 Å². The fraction of sp³-hybridized carbons (Fsp3) is 0.615. The summed E-state index contributed by atoms with van der Waals surface area (Å²) in [6.45, 7) is 2.98. The molecule has 2 heterocycles. The van der Waals surface area contributed by atoms with Crippen LogP contribution in [0, 0.1) is 5.92 Å². The molecule has 17 heavy (non-hydrogen) atoms. The number of nitrogens with zero attached hydrogens (tertiary/aromatic N) is 1. The lowest BCUT2D eigenvalue weighted by molar-refractivity contribution is 0.237. The quantitative estimate of drug-likeness (QED) is 0.847. The van der Waals surface area contributed by atoms with Gasteiger partial charge in [0.15, 0.2) is 5.75 Å². The summed E-state index contributed by atoms with van der Waals surface area (Å²) in [4.78, 5) is 4.17. The summed E-state index contributed by atoms with van der Waals surface area (Å²) < 4.78 is 10.9. The maximum atomic E-state index is 5.67. The molecule has 0 radical (unpaired) electrons. The molecular weight excluding hydrogens is 216 g/mol. The molecule has 0 bridgehead atoms. The van der Waals surface area contributed by atoms with E-state index in [4.69, 9.17) is 9.47 Å². The summed E-state index contributed by atoms with van der Waals surface area (Å²) in [5, 5.41) is 3.41. The highest BCUT2D eigenvalue weighted by molar-refractivity contribution is 5.32. The normalized spacial score (nSPS) is 19.9. The monoisotopic (exact) mass is 236 g/mol. The smallest absolute Gasteiger partial charge is 0.256 e. The standard InChI is InChI=1S/C13H20N2O2/c1-16-12-5-3-8-15-13(12)17-9-6-11-4-2-7-14-10-11/h3,5,8,11,14H,2,4,6-7,9-10H2,1H3. The molecule has 0 aromatic carbocycles. The van der Waals surface area contributed by atoms with Crippen LogP contribution < -0.4 is 14.8 Å². The second-order valence-corrected chi connectivity index (χ2v) is 4.36. The molecule has 1 aliphatic rings. The van der Waals surface area contributed by atoms with E-state index in [1.165, 1.54) is 12.8 Å². The minimum absolute atomic E-state index is 0.596. The molecule has 2 rings (SSSR count). The molecule has 1 aliphatic heterocycles. The van der Waals surface area contributed by atoms with E-state index in [1.807, 2.05) is 12.1 Å². The molecular formula is C13H20N2O2. The molecule has 0 saturated carbocycles. The van der Waals surface area contributed by atoms with Crippen molar-refractivity contribution in [2.75, 3.05) is 26.8 Å². The lowest BCUT2D eigenvalue weighted by Gasteiger charge is -2.22. The Morgan fingerprint density at radius 1 is 1.53 bits per heavy atom. The Hall–Kier alpha value is -1.29. The van der Waals surface area contributed by atoms with Crippen LogP contribution in [-0.4, -0.2) is 31.8 Å². The predicted molar refractivity (Wildman–Crippen MR) is 66.5 cm³/mol. The molecule has 94 valence electrons. The van der Waals surface area contributed by atoms with Gasteiger partial charge in [0, 0.05) is 6.20 Å². The highest BCUT2D eigenvalue weighted by atomic mass is 16.5. The van der Waals surface area contributed by atoms with Crippen molar-refractivity contribution in [2.45, 2.75) is 19.3 Å². The maximum Gasteiger partial charge on any atom is 0.256 e. The Morgan fingerprint density at radius 2 is 2.47 bits per heavy atom. The minimum atomic E-state index is 0.596. The van der Waals surface area contributed by atoms with Gasteiger partial charge in [0.25, 0.3) is 5.88 Å². The second-order valence-electron chi connectivity index (χ2n) is 4.36. The summed E-state index contributed by atoms with van der Waals surface area (Å²) in [5.41, 5.74) is 0. The number of ether oxygens (including phenoxy) is 2. The van der Waals surface area contributed by atoms with Crippen molar-refractivity contribution >= 4 is 0 Å². The summed E-state index contributed by atoms with van der Waals surface area (Å²) in [6.07, 6.45) is 5.38. The van der Waals surface area contributed by atoms with E-state index in [2.05, 4.69) is 10.3 Å². The van der Waals surface area contributed by atoms with Crippen molar-refractivity contribution in [1.82, 2.24) is 10.3 Å². The van der Waals surface area contributed by atoms with E-state index >= 15 is 0 Å². The van der Waals surface area contributed by atoms with Crippen molar-refractivity contribution in [1.29, 1.82) is 0 Å². The van der Waals surface area contributed by atoms with Gasteiger partial charge in [-0.05, 0) is 50.4 Å². The number of hydrogen-bond acceptors (Lipinski definition) is 4. The van der Waals surface area contributed by atoms with Crippen LogP contribution in [0.5, 0.6) is 11.6 Å². The molecule has 0 spiro atoms. The summed E-state index contributed by atoms with van der Waals surface area (Å²) in [6, 6.07) is 3.71. The molecule has 1 aromatic rings. The first-order chi connectivity index (χ1) is 8.40. The number of nitrogens with one attached hydrogen (secondary N) is 1. The summed E-state index contributed by atoms with van der Waals surface area (Å²) >= 11 is 0. The third-order valence-electron chi connectivity index (χ3n) is 3.12. The summed E-state index contributed by atoms with van der Waals surface area (Å²) in [5.74, 6) is 2.03. The van der Waals surface area contributed by atoms with Crippen LogP contribution in [0.4, 0.5) is 0 Å². The van der Waals surface area contributed by atoms with Gasteiger partial charge < -0.3 is 14.8 Å². The molecule has 4 nitrogen and oxygen atoms in total. The average Bonchev–Trinajstić information content (AvgIpc) is 2.40. The van der Waals surface area contributed by atoms with E-state index in [0.29, 0.717) is 18.2 Å². The third-order valence-corrected chi connectivity index (χ3v) is 3.12. The fourth-order valence-corrected chi connectivity index (χ4v) is 2.13. The highest BCUT2D eigenvalue weighted by Crippen LogP contribution is 2.23. The molecule has 1 saturated heterocycles. The number of pyridine rings is 1. The zero-order chi connectivity index (χ0) is 11.9. The van der Waals surface area contributed by atoms with E-state index < -0.39 is 0 Å². The molecule has 1 atom stereocenters. The first-order valence-electron chi connectivity index (χ1n) is 6.22.